The smallest absolute Gasteiger partial charge is 0.305 e. The van der Waals surface area contributed by atoms with Crippen LogP contribution in [0.4, 0.5) is 5.69 Å². The van der Waals surface area contributed by atoms with E-state index in [4.69, 9.17) is 37.4 Å². The van der Waals surface area contributed by atoms with E-state index in [0.717, 1.165) is 64.6 Å². The lowest BCUT2D eigenvalue weighted by Crippen LogP contribution is -2.48. The van der Waals surface area contributed by atoms with Crippen molar-refractivity contribution in [3.63, 3.8) is 0 Å². The molecule has 212 valence electrons. The molecule has 1 amide bonds. The number of carbonyl (C=O) groups is 2. The Bertz CT molecular complexity index is 1110. The molecule has 1 aromatic heterocycles. The Morgan fingerprint density at radius 2 is 1.74 bits per heavy atom. The third kappa shape index (κ3) is 7.56. The molecule has 1 saturated heterocycles. The second-order valence-corrected chi connectivity index (χ2v) is 10.8. The zero-order chi connectivity index (χ0) is 27.8. The van der Waals surface area contributed by atoms with E-state index in [9.17, 15) is 9.59 Å². The van der Waals surface area contributed by atoms with Crippen LogP contribution in [0.2, 0.25) is 10.0 Å². The van der Waals surface area contributed by atoms with Crippen LogP contribution in [0.25, 0.3) is 0 Å². The van der Waals surface area contributed by atoms with Crippen molar-refractivity contribution in [3.8, 4) is 11.5 Å². The standard InChI is InChI=1S/C29H37Cl2N3O5/c1-3-38-27(35)9-6-14-33-15-12-20(13-16-33)34(29(36)28-23(30)18-32-19-24(28)31)21-10-11-25(37-2)26(17-21)39-22-7-4-5-8-22/h10-11,17-20,22H,3-9,12-16H2,1-2H3. The van der Waals surface area contributed by atoms with Crippen molar-refractivity contribution in [2.75, 3.05) is 38.3 Å². The Balaban J connectivity index is 1.56. The lowest BCUT2D eigenvalue weighted by molar-refractivity contribution is -0.143. The van der Waals surface area contributed by atoms with Gasteiger partial charge in [0.05, 0.1) is 35.4 Å². The average Bonchev–Trinajstić information content (AvgIpc) is 3.43. The highest BCUT2D eigenvalue weighted by molar-refractivity contribution is 6.40. The van der Waals surface area contributed by atoms with Crippen LogP contribution in [-0.4, -0.2) is 67.3 Å². The molecule has 0 atom stereocenters. The quantitative estimate of drug-likeness (QED) is 0.295. The van der Waals surface area contributed by atoms with Gasteiger partial charge in [-0.25, -0.2) is 0 Å². The van der Waals surface area contributed by atoms with Gasteiger partial charge in [0.1, 0.15) is 0 Å². The first-order valence-corrected chi connectivity index (χ1v) is 14.5. The Kier molecular flexibility index (Phi) is 10.7. The Hall–Kier alpha value is -2.55. The van der Waals surface area contributed by atoms with Gasteiger partial charge in [0.25, 0.3) is 5.91 Å². The van der Waals surface area contributed by atoms with Crippen LogP contribution >= 0.6 is 23.2 Å². The molecule has 2 heterocycles. The van der Waals surface area contributed by atoms with Crippen molar-refractivity contribution in [1.82, 2.24) is 9.88 Å². The maximum absolute atomic E-state index is 14.1. The van der Waals surface area contributed by atoms with E-state index in [-0.39, 0.29) is 39.6 Å². The molecule has 2 aliphatic rings. The van der Waals surface area contributed by atoms with Crippen LogP contribution in [-0.2, 0) is 9.53 Å². The molecule has 2 fully saturated rings. The summed E-state index contributed by atoms with van der Waals surface area (Å²) in [7, 11) is 1.62. The Labute approximate surface area is 240 Å². The molecular formula is C29H37Cl2N3O5. The van der Waals surface area contributed by atoms with E-state index in [2.05, 4.69) is 9.88 Å². The van der Waals surface area contributed by atoms with E-state index in [1.165, 1.54) is 12.4 Å². The van der Waals surface area contributed by atoms with Gasteiger partial charge in [-0.05, 0) is 70.5 Å². The predicted octanol–water partition coefficient (Wildman–Crippen LogP) is 6.17. The van der Waals surface area contributed by atoms with Gasteiger partial charge < -0.3 is 24.0 Å². The second kappa shape index (κ2) is 14.2. The molecule has 8 nitrogen and oxygen atoms in total. The van der Waals surface area contributed by atoms with Crippen LogP contribution in [0, 0.1) is 0 Å². The van der Waals surface area contributed by atoms with Crippen LogP contribution in [0.3, 0.4) is 0 Å². The summed E-state index contributed by atoms with van der Waals surface area (Å²) < 4.78 is 17.0. The fourth-order valence-electron chi connectivity index (χ4n) is 5.40. The number of benzene rings is 1. The molecule has 0 radical (unpaired) electrons. The highest BCUT2D eigenvalue weighted by Gasteiger charge is 2.33. The number of piperidine rings is 1. The zero-order valence-corrected chi connectivity index (χ0v) is 24.2. The summed E-state index contributed by atoms with van der Waals surface area (Å²) in [6.07, 6.45) is 10.00. The summed E-state index contributed by atoms with van der Waals surface area (Å²) in [6, 6.07) is 5.54. The molecule has 0 N–H and O–H groups in total. The lowest BCUT2D eigenvalue weighted by Gasteiger charge is -2.39. The summed E-state index contributed by atoms with van der Waals surface area (Å²) in [4.78, 5) is 33.9. The third-order valence-electron chi connectivity index (χ3n) is 7.39. The minimum absolute atomic E-state index is 0.0770. The lowest BCUT2D eigenvalue weighted by atomic mass is 10.0. The number of amides is 1. The molecular weight excluding hydrogens is 541 g/mol. The maximum Gasteiger partial charge on any atom is 0.305 e. The number of anilines is 1. The SMILES string of the molecule is CCOC(=O)CCCN1CCC(N(C(=O)c2c(Cl)cncc2Cl)c2ccc(OC)c(OC3CCCC3)c2)CC1. The normalized spacial score (nSPS) is 16.7. The van der Waals surface area contributed by atoms with Crippen molar-refractivity contribution < 1.29 is 23.8 Å². The summed E-state index contributed by atoms with van der Waals surface area (Å²) in [6.45, 7) is 4.63. The number of carbonyl (C=O) groups excluding carboxylic acids is 2. The Morgan fingerprint density at radius 1 is 1.05 bits per heavy atom. The molecule has 1 aliphatic heterocycles. The summed E-state index contributed by atoms with van der Waals surface area (Å²) >= 11 is 12.9. The summed E-state index contributed by atoms with van der Waals surface area (Å²) in [5.74, 6) is 0.827. The third-order valence-corrected chi connectivity index (χ3v) is 7.96. The fraction of sp³-hybridized carbons (Fsp3) is 0.552. The molecule has 1 aromatic carbocycles. The number of likely N-dealkylation sites (tertiary alicyclic amines) is 1. The largest absolute Gasteiger partial charge is 0.493 e. The van der Waals surface area contributed by atoms with Gasteiger partial charge in [0.2, 0.25) is 0 Å². The van der Waals surface area contributed by atoms with Gasteiger partial charge in [-0.3, -0.25) is 14.6 Å². The van der Waals surface area contributed by atoms with Crippen molar-refractivity contribution in [2.45, 2.75) is 70.4 Å². The number of methoxy groups -OCH3 is 1. The molecule has 10 heteroatoms. The molecule has 0 unspecified atom stereocenters. The Morgan fingerprint density at radius 3 is 2.38 bits per heavy atom. The molecule has 0 bridgehead atoms. The number of hydrogen-bond donors (Lipinski definition) is 0. The number of hydrogen-bond acceptors (Lipinski definition) is 7. The highest BCUT2D eigenvalue weighted by Crippen LogP contribution is 2.38. The minimum atomic E-state index is -0.273. The van der Waals surface area contributed by atoms with Crippen LogP contribution < -0.4 is 14.4 Å². The molecule has 4 rings (SSSR count). The number of halogens is 2. The first-order valence-electron chi connectivity index (χ1n) is 13.8. The van der Waals surface area contributed by atoms with Crippen LogP contribution in [0.1, 0.15) is 68.6 Å². The molecule has 1 aliphatic carbocycles. The number of nitrogens with zero attached hydrogens (tertiary/aromatic N) is 3. The molecule has 0 spiro atoms. The van der Waals surface area contributed by atoms with E-state index >= 15 is 0 Å². The van der Waals surface area contributed by atoms with E-state index < -0.39 is 0 Å². The van der Waals surface area contributed by atoms with E-state index in [0.29, 0.717) is 30.2 Å². The first kappa shape index (κ1) is 29.4. The number of ether oxygens (including phenoxy) is 3. The number of rotatable bonds is 11. The van der Waals surface area contributed by atoms with Crippen molar-refractivity contribution >= 4 is 40.8 Å². The van der Waals surface area contributed by atoms with Gasteiger partial charge in [-0.15, -0.1) is 0 Å². The zero-order valence-electron chi connectivity index (χ0n) is 22.7. The van der Waals surface area contributed by atoms with Crippen LogP contribution in [0.5, 0.6) is 11.5 Å². The predicted molar refractivity (Wildman–Crippen MR) is 152 cm³/mol. The number of esters is 1. The van der Waals surface area contributed by atoms with Crippen molar-refractivity contribution in [1.29, 1.82) is 0 Å². The van der Waals surface area contributed by atoms with Gasteiger partial charge in [0, 0.05) is 49.7 Å². The van der Waals surface area contributed by atoms with E-state index in [1.807, 2.05) is 25.1 Å². The maximum atomic E-state index is 14.1. The van der Waals surface area contributed by atoms with Gasteiger partial charge in [-0.2, -0.15) is 0 Å². The van der Waals surface area contributed by atoms with E-state index in [1.54, 1.807) is 12.0 Å². The van der Waals surface area contributed by atoms with Crippen LogP contribution in [0.15, 0.2) is 30.6 Å². The fourth-order valence-corrected chi connectivity index (χ4v) is 5.93. The van der Waals surface area contributed by atoms with Gasteiger partial charge >= 0.3 is 5.97 Å². The minimum Gasteiger partial charge on any atom is -0.493 e. The molecule has 2 aromatic rings. The summed E-state index contributed by atoms with van der Waals surface area (Å²) in [5, 5.41) is 0.426. The average molecular weight is 579 g/mol. The van der Waals surface area contributed by atoms with Gasteiger partial charge in [0.15, 0.2) is 11.5 Å². The van der Waals surface area contributed by atoms with Crippen molar-refractivity contribution in [2.24, 2.45) is 0 Å². The molecule has 39 heavy (non-hydrogen) atoms. The number of pyridine rings is 1. The molecule has 1 saturated carbocycles. The van der Waals surface area contributed by atoms with Gasteiger partial charge in [-0.1, -0.05) is 23.2 Å². The highest BCUT2D eigenvalue weighted by atomic mass is 35.5. The number of aromatic nitrogens is 1. The van der Waals surface area contributed by atoms with Crippen molar-refractivity contribution in [3.05, 3.63) is 46.2 Å². The summed E-state index contributed by atoms with van der Waals surface area (Å²) in [5.41, 5.74) is 0.942. The monoisotopic (exact) mass is 577 g/mol. The second-order valence-electron chi connectivity index (χ2n) is 9.99. The topological polar surface area (TPSA) is 81.2 Å². The first-order chi connectivity index (χ1) is 18.9.